The molecule has 1 atom stereocenters. The van der Waals surface area contributed by atoms with Crippen LogP contribution in [0.15, 0.2) is 4.52 Å². The SMILES string of the molecule is C1CNC[C@@H](c2nc(CC3CC3)no2)C1. The summed E-state index contributed by atoms with van der Waals surface area (Å²) >= 11 is 0. The van der Waals surface area contributed by atoms with E-state index in [1.807, 2.05) is 0 Å². The first-order valence-electron chi connectivity index (χ1n) is 5.95. The Bertz CT molecular complexity index is 326. The van der Waals surface area contributed by atoms with Crippen molar-refractivity contribution in [3.63, 3.8) is 0 Å². The van der Waals surface area contributed by atoms with Crippen LogP contribution in [0.1, 0.15) is 43.3 Å². The summed E-state index contributed by atoms with van der Waals surface area (Å²) in [5.74, 6) is 3.04. The molecule has 1 aliphatic heterocycles. The Kier molecular flexibility index (Phi) is 2.44. The fraction of sp³-hybridized carbons (Fsp3) is 0.818. The number of rotatable bonds is 3. The smallest absolute Gasteiger partial charge is 0.231 e. The molecule has 1 aromatic heterocycles. The molecule has 0 amide bonds. The molecular formula is C11H17N3O. The summed E-state index contributed by atoms with van der Waals surface area (Å²) in [5.41, 5.74) is 0. The zero-order valence-electron chi connectivity index (χ0n) is 8.91. The second-order valence-electron chi connectivity index (χ2n) is 4.74. The van der Waals surface area contributed by atoms with E-state index in [0.717, 1.165) is 37.1 Å². The highest BCUT2D eigenvalue weighted by molar-refractivity contribution is 4.98. The molecule has 1 saturated carbocycles. The highest BCUT2D eigenvalue weighted by Gasteiger charge is 2.26. The van der Waals surface area contributed by atoms with E-state index in [9.17, 15) is 0 Å². The summed E-state index contributed by atoms with van der Waals surface area (Å²) in [5, 5.41) is 7.43. The van der Waals surface area contributed by atoms with Crippen molar-refractivity contribution in [2.24, 2.45) is 5.92 Å². The van der Waals surface area contributed by atoms with Crippen molar-refractivity contribution >= 4 is 0 Å². The van der Waals surface area contributed by atoms with Gasteiger partial charge in [0, 0.05) is 13.0 Å². The molecular weight excluding hydrogens is 190 g/mol. The molecule has 2 aliphatic rings. The predicted molar refractivity (Wildman–Crippen MR) is 55.6 cm³/mol. The predicted octanol–water partition coefficient (Wildman–Crippen LogP) is 1.49. The van der Waals surface area contributed by atoms with E-state index >= 15 is 0 Å². The second-order valence-corrected chi connectivity index (χ2v) is 4.74. The Morgan fingerprint density at radius 1 is 1.33 bits per heavy atom. The fourth-order valence-corrected chi connectivity index (χ4v) is 2.16. The van der Waals surface area contributed by atoms with E-state index < -0.39 is 0 Å². The minimum atomic E-state index is 0.444. The molecule has 0 unspecified atom stereocenters. The van der Waals surface area contributed by atoms with Gasteiger partial charge in [-0.05, 0) is 38.1 Å². The van der Waals surface area contributed by atoms with Crippen molar-refractivity contribution in [3.05, 3.63) is 11.7 Å². The first-order chi connectivity index (χ1) is 7.42. The summed E-state index contributed by atoms with van der Waals surface area (Å²) in [6.45, 7) is 2.12. The highest BCUT2D eigenvalue weighted by atomic mass is 16.5. The van der Waals surface area contributed by atoms with E-state index in [1.165, 1.54) is 25.7 Å². The zero-order chi connectivity index (χ0) is 10.1. The van der Waals surface area contributed by atoms with Gasteiger partial charge >= 0.3 is 0 Å². The minimum absolute atomic E-state index is 0.444. The summed E-state index contributed by atoms with van der Waals surface area (Å²) < 4.78 is 5.33. The van der Waals surface area contributed by atoms with Crippen LogP contribution in [-0.4, -0.2) is 23.2 Å². The Labute approximate surface area is 89.4 Å². The van der Waals surface area contributed by atoms with Gasteiger partial charge in [-0.3, -0.25) is 0 Å². The lowest BCUT2D eigenvalue weighted by Crippen LogP contribution is -2.28. The van der Waals surface area contributed by atoms with Gasteiger partial charge < -0.3 is 9.84 Å². The molecule has 1 aromatic rings. The quantitative estimate of drug-likeness (QED) is 0.815. The fourth-order valence-electron chi connectivity index (χ4n) is 2.16. The van der Waals surface area contributed by atoms with Gasteiger partial charge in [0.25, 0.3) is 0 Å². The van der Waals surface area contributed by atoms with Crippen molar-refractivity contribution in [1.82, 2.24) is 15.5 Å². The topological polar surface area (TPSA) is 51.0 Å². The van der Waals surface area contributed by atoms with Gasteiger partial charge in [0.2, 0.25) is 5.89 Å². The normalized spacial score (nSPS) is 26.8. The maximum atomic E-state index is 5.33. The van der Waals surface area contributed by atoms with Crippen molar-refractivity contribution in [3.8, 4) is 0 Å². The van der Waals surface area contributed by atoms with Crippen molar-refractivity contribution in [2.45, 2.75) is 38.0 Å². The Balaban J connectivity index is 1.65. The molecule has 1 aliphatic carbocycles. The van der Waals surface area contributed by atoms with Crippen LogP contribution in [0.2, 0.25) is 0 Å². The van der Waals surface area contributed by atoms with Gasteiger partial charge in [-0.15, -0.1) is 0 Å². The lowest BCUT2D eigenvalue weighted by atomic mass is 10.00. The van der Waals surface area contributed by atoms with Gasteiger partial charge in [0.05, 0.1) is 5.92 Å². The Hall–Kier alpha value is -0.900. The van der Waals surface area contributed by atoms with Gasteiger partial charge in [0.15, 0.2) is 5.82 Å². The molecule has 2 heterocycles. The average molecular weight is 207 g/mol. The first kappa shape index (κ1) is 9.33. The largest absolute Gasteiger partial charge is 0.339 e. The number of nitrogens with zero attached hydrogens (tertiary/aromatic N) is 2. The van der Waals surface area contributed by atoms with Crippen LogP contribution in [0.4, 0.5) is 0 Å². The van der Waals surface area contributed by atoms with Crippen LogP contribution < -0.4 is 5.32 Å². The molecule has 15 heavy (non-hydrogen) atoms. The molecule has 1 N–H and O–H groups in total. The third-order valence-corrected chi connectivity index (χ3v) is 3.30. The molecule has 4 heteroatoms. The van der Waals surface area contributed by atoms with E-state index in [0.29, 0.717) is 5.92 Å². The van der Waals surface area contributed by atoms with Gasteiger partial charge in [0.1, 0.15) is 0 Å². The maximum Gasteiger partial charge on any atom is 0.231 e. The third-order valence-electron chi connectivity index (χ3n) is 3.30. The van der Waals surface area contributed by atoms with E-state index in [-0.39, 0.29) is 0 Å². The Morgan fingerprint density at radius 3 is 3.00 bits per heavy atom. The van der Waals surface area contributed by atoms with Crippen molar-refractivity contribution < 1.29 is 4.52 Å². The Morgan fingerprint density at radius 2 is 2.27 bits per heavy atom. The van der Waals surface area contributed by atoms with Gasteiger partial charge in [-0.1, -0.05) is 5.16 Å². The molecule has 0 spiro atoms. The summed E-state index contributed by atoms with van der Waals surface area (Å²) in [4.78, 5) is 4.50. The van der Waals surface area contributed by atoms with Crippen LogP contribution >= 0.6 is 0 Å². The molecule has 1 saturated heterocycles. The molecule has 4 nitrogen and oxygen atoms in total. The summed E-state index contributed by atoms with van der Waals surface area (Å²) in [7, 11) is 0. The lowest BCUT2D eigenvalue weighted by Gasteiger charge is -2.18. The van der Waals surface area contributed by atoms with Crippen LogP contribution in [0, 0.1) is 5.92 Å². The second kappa shape index (κ2) is 3.93. The van der Waals surface area contributed by atoms with Crippen LogP contribution in [0.3, 0.4) is 0 Å². The standard InChI is InChI=1S/C11H17N3O/c1-2-9(7-12-5-1)11-13-10(14-15-11)6-8-3-4-8/h8-9,12H,1-7H2/t9-/m0/s1. The molecule has 0 aromatic carbocycles. The monoisotopic (exact) mass is 207 g/mol. The number of hydrogen-bond acceptors (Lipinski definition) is 4. The van der Waals surface area contributed by atoms with E-state index in [1.54, 1.807) is 0 Å². The first-order valence-corrected chi connectivity index (χ1v) is 5.95. The van der Waals surface area contributed by atoms with Gasteiger partial charge in [-0.2, -0.15) is 4.98 Å². The molecule has 0 bridgehead atoms. The molecule has 3 rings (SSSR count). The molecule has 82 valence electrons. The third kappa shape index (κ3) is 2.20. The maximum absolute atomic E-state index is 5.33. The number of hydrogen-bond donors (Lipinski definition) is 1. The molecule has 0 radical (unpaired) electrons. The number of piperidine rings is 1. The zero-order valence-corrected chi connectivity index (χ0v) is 8.91. The minimum Gasteiger partial charge on any atom is -0.339 e. The summed E-state index contributed by atoms with van der Waals surface area (Å²) in [6.07, 6.45) is 6.09. The van der Waals surface area contributed by atoms with Crippen LogP contribution in [-0.2, 0) is 6.42 Å². The molecule has 2 fully saturated rings. The van der Waals surface area contributed by atoms with Crippen molar-refractivity contribution in [2.75, 3.05) is 13.1 Å². The number of aromatic nitrogens is 2. The van der Waals surface area contributed by atoms with Crippen molar-refractivity contribution in [1.29, 1.82) is 0 Å². The van der Waals surface area contributed by atoms with E-state index in [2.05, 4.69) is 15.5 Å². The lowest BCUT2D eigenvalue weighted by molar-refractivity contribution is 0.320. The van der Waals surface area contributed by atoms with Crippen LogP contribution in [0.5, 0.6) is 0 Å². The highest BCUT2D eigenvalue weighted by Crippen LogP contribution is 2.32. The van der Waals surface area contributed by atoms with E-state index in [4.69, 9.17) is 4.52 Å². The number of nitrogens with one attached hydrogen (secondary N) is 1. The summed E-state index contributed by atoms with van der Waals surface area (Å²) in [6, 6.07) is 0. The average Bonchev–Trinajstić information content (AvgIpc) is 2.96. The van der Waals surface area contributed by atoms with Crippen LogP contribution in [0.25, 0.3) is 0 Å². The van der Waals surface area contributed by atoms with Gasteiger partial charge in [-0.25, -0.2) is 0 Å².